The maximum absolute atomic E-state index is 11.5. The lowest BCUT2D eigenvalue weighted by atomic mass is 10.2. The lowest BCUT2D eigenvalue weighted by molar-refractivity contribution is 0.343. The third kappa shape index (κ3) is 3.90. The predicted molar refractivity (Wildman–Crippen MR) is 80.5 cm³/mol. The number of nitrogens with one attached hydrogen (secondary N) is 1. The summed E-state index contributed by atoms with van der Waals surface area (Å²) in [6, 6.07) is 7.96. The van der Waals surface area contributed by atoms with E-state index in [0.717, 1.165) is 23.1 Å². The molecule has 1 N–H and O–H groups in total. The summed E-state index contributed by atoms with van der Waals surface area (Å²) in [5.74, 6) is 1.63. The van der Waals surface area contributed by atoms with Crippen LogP contribution in [0.4, 0.5) is 0 Å². The van der Waals surface area contributed by atoms with E-state index >= 15 is 0 Å². The number of rotatable bonds is 7. The Kier molecular flexibility index (Phi) is 5.29. The second kappa shape index (κ2) is 7.19. The number of nitrogens with zero attached hydrogens (tertiary/aromatic N) is 2. The maximum atomic E-state index is 11.5. The molecule has 2 aromatic rings. The minimum absolute atomic E-state index is 0.144. The molecule has 0 unspecified atom stereocenters. The molecule has 0 bridgehead atoms. The highest BCUT2D eigenvalue weighted by Gasteiger charge is 2.07. The minimum Gasteiger partial charge on any atom is -0.493 e. The van der Waals surface area contributed by atoms with Crippen LogP contribution < -0.4 is 10.4 Å². The van der Waals surface area contributed by atoms with Crippen molar-refractivity contribution >= 4 is 11.8 Å². The zero-order valence-electron chi connectivity index (χ0n) is 11.8. The summed E-state index contributed by atoms with van der Waals surface area (Å²) in [6.07, 6.45) is 0.910. The van der Waals surface area contributed by atoms with Gasteiger partial charge in [-0.2, -0.15) is 0 Å². The van der Waals surface area contributed by atoms with Gasteiger partial charge in [0, 0.05) is 12.3 Å². The van der Waals surface area contributed by atoms with Gasteiger partial charge in [-0.25, -0.2) is 9.89 Å². The summed E-state index contributed by atoms with van der Waals surface area (Å²) >= 11 is 1.53. The van der Waals surface area contributed by atoms with Crippen molar-refractivity contribution in [2.75, 3.05) is 12.4 Å². The van der Waals surface area contributed by atoms with E-state index in [1.165, 1.54) is 17.3 Å². The number of H-pyrrole nitrogens is 1. The van der Waals surface area contributed by atoms with Gasteiger partial charge in [-0.1, -0.05) is 30.8 Å². The third-order valence-corrected chi connectivity index (χ3v) is 3.68. The Balaban J connectivity index is 1.83. The summed E-state index contributed by atoms with van der Waals surface area (Å²) in [5, 5.41) is 7.24. The van der Waals surface area contributed by atoms with Crippen LogP contribution in [0.3, 0.4) is 0 Å². The molecular weight excluding hydrogens is 274 g/mol. The molecule has 2 rings (SSSR count). The standard InChI is InChI=1S/C14H19N3O2S/c1-3-7-17-13(18)15-16-14(17)20-9-8-19-12-6-4-5-11(2)10-12/h4-6,10H,3,7-9H2,1-2H3,(H,15,18). The van der Waals surface area contributed by atoms with E-state index < -0.39 is 0 Å². The molecule has 6 heteroatoms. The quantitative estimate of drug-likeness (QED) is 0.629. The highest BCUT2D eigenvalue weighted by molar-refractivity contribution is 7.99. The van der Waals surface area contributed by atoms with Gasteiger partial charge >= 0.3 is 5.69 Å². The van der Waals surface area contributed by atoms with E-state index in [1.807, 2.05) is 38.1 Å². The Morgan fingerprint density at radius 3 is 3.05 bits per heavy atom. The van der Waals surface area contributed by atoms with Crippen LogP contribution >= 0.6 is 11.8 Å². The number of thioether (sulfide) groups is 1. The molecule has 0 aliphatic heterocycles. The molecule has 0 saturated carbocycles. The lowest BCUT2D eigenvalue weighted by Crippen LogP contribution is -2.17. The molecule has 0 spiro atoms. The largest absolute Gasteiger partial charge is 0.493 e. The third-order valence-electron chi connectivity index (χ3n) is 2.74. The van der Waals surface area contributed by atoms with Crippen LogP contribution in [0.5, 0.6) is 5.75 Å². The Morgan fingerprint density at radius 2 is 2.30 bits per heavy atom. The fourth-order valence-corrected chi connectivity index (χ4v) is 2.62. The number of aryl methyl sites for hydroxylation is 1. The zero-order valence-corrected chi connectivity index (χ0v) is 12.6. The molecule has 1 heterocycles. The van der Waals surface area contributed by atoms with Gasteiger partial charge in [-0.3, -0.25) is 4.57 Å². The Bertz CT molecular complexity index is 606. The molecule has 0 radical (unpaired) electrons. The average Bonchev–Trinajstić information content (AvgIpc) is 2.77. The van der Waals surface area contributed by atoms with Crippen molar-refractivity contribution in [3.63, 3.8) is 0 Å². The maximum Gasteiger partial charge on any atom is 0.343 e. The summed E-state index contributed by atoms with van der Waals surface area (Å²) < 4.78 is 7.33. The van der Waals surface area contributed by atoms with Crippen LogP contribution in [0.15, 0.2) is 34.2 Å². The van der Waals surface area contributed by atoms with E-state index in [0.29, 0.717) is 13.2 Å². The number of aromatic amines is 1. The van der Waals surface area contributed by atoms with Gasteiger partial charge in [0.15, 0.2) is 5.16 Å². The van der Waals surface area contributed by atoms with E-state index in [-0.39, 0.29) is 5.69 Å². The molecule has 0 aliphatic rings. The van der Waals surface area contributed by atoms with Crippen molar-refractivity contribution in [1.82, 2.24) is 14.8 Å². The number of hydrogen-bond acceptors (Lipinski definition) is 4. The average molecular weight is 293 g/mol. The Labute approximate surface area is 122 Å². The molecule has 0 aliphatic carbocycles. The van der Waals surface area contributed by atoms with Crippen molar-refractivity contribution in [3.8, 4) is 5.75 Å². The fourth-order valence-electron chi connectivity index (χ4n) is 1.83. The summed E-state index contributed by atoms with van der Waals surface area (Å²) in [7, 11) is 0. The van der Waals surface area contributed by atoms with Gasteiger partial charge in [-0.05, 0) is 31.0 Å². The highest BCUT2D eigenvalue weighted by atomic mass is 32.2. The van der Waals surface area contributed by atoms with Crippen molar-refractivity contribution < 1.29 is 4.74 Å². The summed E-state index contributed by atoms with van der Waals surface area (Å²) in [5.41, 5.74) is 1.04. The summed E-state index contributed by atoms with van der Waals surface area (Å²) in [4.78, 5) is 11.5. The van der Waals surface area contributed by atoms with Crippen LogP contribution in [-0.2, 0) is 6.54 Å². The first-order valence-electron chi connectivity index (χ1n) is 6.68. The van der Waals surface area contributed by atoms with Gasteiger partial charge in [0.25, 0.3) is 0 Å². The molecule has 1 aromatic heterocycles. The first-order valence-corrected chi connectivity index (χ1v) is 7.66. The fraction of sp³-hybridized carbons (Fsp3) is 0.429. The van der Waals surface area contributed by atoms with Gasteiger partial charge < -0.3 is 4.74 Å². The van der Waals surface area contributed by atoms with E-state index in [9.17, 15) is 4.79 Å². The second-order valence-electron chi connectivity index (χ2n) is 4.48. The number of hydrogen-bond donors (Lipinski definition) is 1. The van der Waals surface area contributed by atoms with Crippen LogP contribution in [0.25, 0.3) is 0 Å². The first kappa shape index (κ1) is 14.7. The molecule has 5 nitrogen and oxygen atoms in total. The first-order chi connectivity index (χ1) is 9.70. The minimum atomic E-state index is -0.144. The Morgan fingerprint density at radius 1 is 1.45 bits per heavy atom. The molecule has 0 fully saturated rings. The van der Waals surface area contributed by atoms with Gasteiger partial charge in [0.1, 0.15) is 5.75 Å². The predicted octanol–water partition coefficient (Wildman–Crippen LogP) is 2.46. The Hall–Kier alpha value is -1.69. The number of ether oxygens (including phenoxy) is 1. The topological polar surface area (TPSA) is 59.9 Å². The smallest absolute Gasteiger partial charge is 0.343 e. The lowest BCUT2D eigenvalue weighted by Gasteiger charge is -2.07. The van der Waals surface area contributed by atoms with E-state index in [2.05, 4.69) is 10.2 Å². The molecule has 0 amide bonds. The van der Waals surface area contributed by atoms with Crippen LogP contribution in [0, 0.1) is 6.92 Å². The monoisotopic (exact) mass is 293 g/mol. The van der Waals surface area contributed by atoms with Gasteiger partial charge in [-0.15, -0.1) is 5.10 Å². The summed E-state index contributed by atoms with van der Waals surface area (Å²) in [6.45, 7) is 5.35. The molecule has 20 heavy (non-hydrogen) atoms. The van der Waals surface area contributed by atoms with E-state index in [1.54, 1.807) is 4.57 Å². The van der Waals surface area contributed by atoms with Crippen molar-refractivity contribution in [2.24, 2.45) is 0 Å². The molecule has 108 valence electrons. The second-order valence-corrected chi connectivity index (χ2v) is 5.54. The molecule has 0 atom stereocenters. The molecular formula is C14H19N3O2S. The number of aromatic nitrogens is 3. The van der Waals surface area contributed by atoms with Crippen molar-refractivity contribution in [2.45, 2.75) is 32.0 Å². The highest BCUT2D eigenvalue weighted by Crippen LogP contribution is 2.16. The molecule has 1 aromatic carbocycles. The van der Waals surface area contributed by atoms with E-state index in [4.69, 9.17) is 4.74 Å². The van der Waals surface area contributed by atoms with Crippen molar-refractivity contribution in [1.29, 1.82) is 0 Å². The normalized spacial score (nSPS) is 10.7. The number of benzene rings is 1. The molecule has 0 saturated heterocycles. The zero-order chi connectivity index (χ0) is 14.4. The van der Waals surface area contributed by atoms with Crippen LogP contribution in [-0.4, -0.2) is 27.1 Å². The van der Waals surface area contributed by atoms with Gasteiger partial charge in [0.2, 0.25) is 0 Å². The van der Waals surface area contributed by atoms with Gasteiger partial charge in [0.05, 0.1) is 6.61 Å². The van der Waals surface area contributed by atoms with Crippen LogP contribution in [0.2, 0.25) is 0 Å². The van der Waals surface area contributed by atoms with Crippen LogP contribution in [0.1, 0.15) is 18.9 Å². The van der Waals surface area contributed by atoms with Crippen molar-refractivity contribution in [3.05, 3.63) is 40.3 Å². The SMILES string of the molecule is CCCn1c(SCCOc2cccc(C)c2)n[nH]c1=O.